The van der Waals surface area contributed by atoms with Gasteiger partial charge in [-0.25, -0.2) is 4.79 Å². The summed E-state index contributed by atoms with van der Waals surface area (Å²) < 4.78 is 5.14. The molecule has 2 amide bonds. The predicted molar refractivity (Wildman–Crippen MR) is 103 cm³/mol. The van der Waals surface area contributed by atoms with E-state index in [2.05, 4.69) is 10.6 Å². The van der Waals surface area contributed by atoms with Crippen LogP contribution in [-0.2, 0) is 16.0 Å². The molecule has 0 atom stereocenters. The third-order valence-corrected chi connectivity index (χ3v) is 4.78. The van der Waals surface area contributed by atoms with Gasteiger partial charge in [-0.1, -0.05) is 13.0 Å². The molecule has 0 aliphatic carbocycles. The van der Waals surface area contributed by atoms with E-state index in [0.29, 0.717) is 28.2 Å². The average molecular weight is 374 g/mol. The second-order valence-electron chi connectivity index (χ2n) is 5.63. The molecule has 26 heavy (non-hydrogen) atoms. The number of hydrogen-bond acceptors (Lipinski definition) is 5. The van der Waals surface area contributed by atoms with Crippen LogP contribution in [0.3, 0.4) is 0 Å². The third-order valence-electron chi connectivity index (χ3n) is 3.71. The van der Waals surface area contributed by atoms with Gasteiger partial charge in [0.2, 0.25) is 5.91 Å². The fraction of sp³-hybridized carbons (Fsp3) is 0.316. The smallest absolute Gasteiger partial charge is 0.341 e. The molecule has 0 saturated carbocycles. The number of carbonyl (C=O) groups is 3. The molecule has 1 heterocycles. The van der Waals surface area contributed by atoms with Crippen LogP contribution in [0.15, 0.2) is 24.3 Å². The highest BCUT2D eigenvalue weighted by atomic mass is 32.1. The zero-order valence-corrected chi connectivity index (χ0v) is 16.1. The lowest BCUT2D eigenvalue weighted by molar-refractivity contribution is -0.114. The molecule has 6 nitrogen and oxygen atoms in total. The highest BCUT2D eigenvalue weighted by Crippen LogP contribution is 2.34. The van der Waals surface area contributed by atoms with E-state index in [1.165, 1.54) is 18.3 Å². The SMILES string of the molecule is CCOC(=O)c1c(NC(=O)c2cccc(NC(C)=O)c2)sc(C)c1CC. The van der Waals surface area contributed by atoms with Gasteiger partial charge in [-0.3, -0.25) is 9.59 Å². The van der Waals surface area contributed by atoms with Crippen LogP contribution in [0.5, 0.6) is 0 Å². The number of carbonyl (C=O) groups excluding carboxylic acids is 3. The molecule has 0 unspecified atom stereocenters. The van der Waals surface area contributed by atoms with Gasteiger partial charge in [0, 0.05) is 23.1 Å². The number of nitrogens with one attached hydrogen (secondary N) is 2. The zero-order chi connectivity index (χ0) is 19.3. The zero-order valence-electron chi connectivity index (χ0n) is 15.3. The van der Waals surface area contributed by atoms with Crippen molar-refractivity contribution in [2.45, 2.75) is 34.1 Å². The average Bonchev–Trinajstić information content (AvgIpc) is 2.89. The van der Waals surface area contributed by atoms with Gasteiger partial charge in [-0.2, -0.15) is 0 Å². The lowest BCUT2D eigenvalue weighted by Crippen LogP contribution is -2.15. The molecular formula is C19H22N2O4S. The summed E-state index contributed by atoms with van der Waals surface area (Å²) in [6.07, 6.45) is 0.671. The number of rotatable bonds is 6. The molecular weight excluding hydrogens is 352 g/mol. The van der Waals surface area contributed by atoms with Crippen molar-refractivity contribution in [2.75, 3.05) is 17.2 Å². The van der Waals surface area contributed by atoms with Crippen LogP contribution in [-0.4, -0.2) is 24.4 Å². The Bertz CT molecular complexity index is 842. The van der Waals surface area contributed by atoms with E-state index in [1.807, 2.05) is 13.8 Å². The summed E-state index contributed by atoms with van der Waals surface area (Å²) in [5, 5.41) is 5.93. The molecule has 0 spiro atoms. The van der Waals surface area contributed by atoms with Gasteiger partial charge in [0.15, 0.2) is 0 Å². The summed E-state index contributed by atoms with van der Waals surface area (Å²) in [5.74, 6) is -1.00. The van der Waals surface area contributed by atoms with Crippen LogP contribution in [0.1, 0.15) is 51.9 Å². The Hall–Kier alpha value is -2.67. The topological polar surface area (TPSA) is 84.5 Å². The van der Waals surface area contributed by atoms with Gasteiger partial charge in [0.25, 0.3) is 5.91 Å². The largest absolute Gasteiger partial charge is 0.462 e. The van der Waals surface area contributed by atoms with Crippen LogP contribution in [0.2, 0.25) is 0 Å². The quantitative estimate of drug-likeness (QED) is 0.748. The van der Waals surface area contributed by atoms with Crippen molar-refractivity contribution in [1.29, 1.82) is 0 Å². The molecule has 2 rings (SSSR count). The monoisotopic (exact) mass is 374 g/mol. The van der Waals surface area contributed by atoms with E-state index in [9.17, 15) is 14.4 Å². The molecule has 2 aromatic rings. The minimum Gasteiger partial charge on any atom is -0.462 e. The minimum atomic E-state index is -0.434. The Morgan fingerprint density at radius 3 is 2.50 bits per heavy atom. The Balaban J connectivity index is 2.32. The fourth-order valence-electron chi connectivity index (χ4n) is 2.63. The number of aryl methyl sites for hydroxylation is 1. The number of thiophene rings is 1. The summed E-state index contributed by atoms with van der Waals surface area (Å²) in [5.41, 5.74) is 2.22. The van der Waals surface area contributed by atoms with Crippen molar-refractivity contribution in [3.8, 4) is 0 Å². The van der Waals surface area contributed by atoms with Gasteiger partial charge in [-0.15, -0.1) is 11.3 Å². The van der Waals surface area contributed by atoms with Crippen LogP contribution in [0, 0.1) is 6.92 Å². The minimum absolute atomic E-state index is 0.214. The molecule has 0 radical (unpaired) electrons. The van der Waals surface area contributed by atoms with E-state index in [4.69, 9.17) is 4.74 Å². The number of esters is 1. The fourth-order valence-corrected chi connectivity index (χ4v) is 3.76. The van der Waals surface area contributed by atoms with E-state index < -0.39 is 5.97 Å². The number of hydrogen-bond donors (Lipinski definition) is 2. The van der Waals surface area contributed by atoms with Gasteiger partial charge >= 0.3 is 5.97 Å². The van der Waals surface area contributed by atoms with Gasteiger partial charge < -0.3 is 15.4 Å². The van der Waals surface area contributed by atoms with Gasteiger partial charge in [0.05, 0.1) is 12.2 Å². The number of amides is 2. The summed E-state index contributed by atoms with van der Waals surface area (Å²) in [6, 6.07) is 6.62. The second kappa shape index (κ2) is 8.62. The standard InChI is InChI=1S/C19H22N2O4S/c1-5-15-11(3)26-18(16(15)19(24)25-6-2)21-17(23)13-8-7-9-14(10-13)20-12(4)22/h7-10H,5-6H2,1-4H3,(H,20,22)(H,21,23). The van der Waals surface area contributed by atoms with E-state index in [0.717, 1.165) is 10.4 Å². The Morgan fingerprint density at radius 1 is 1.15 bits per heavy atom. The van der Waals surface area contributed by atoms with Crippen LogP contribution in [0.25, 0.3) is 0 Å². The lowest BCUT2D eigenvalue weighted by atomic mass is 10.1. The molecule has 0 aliphatic heterocycles. The maximum absolute atomic E-state index is 12.6. The van der Waals surface area contributed by atoms with Crippen molar-refractivity contribution in [3.63, 3.8) is 0 Å². The maximum atomic E-state index is 12.6. The third kappa shape index (κ3) is 4.49. The molecule has 2 N–H and O–H groups in total. The van der Waals surface area contributed by atoms with Crippen molar-refractivity contribution in [2.24, 2.45) is 0 Å². The first-order chi connectivity index (χ1) is 12.4. The molecule has 1 aromatic heterocycles. The molecule has 1 aromatic carbocycles. The van der Waals surface area contributed by atoms with Crippen molar-refractivity contribution in [3.05, 3.63) is 45.8 Å². The first kappa shape index (κ1) is 19.7. The summed E-state index contributed by atoms with van der Waals surface area (Å²) in [6.45, 7) is 7.29. The van der Waals surface area contributed by atoms with Crippen LogP contribution in [0.4, 0.5) is 10.7 Å². The number of benzene rings is 1. The van der Waals surface area contributed by atoms with E-state index in [1.54, 1.807) is 31.2 Å². The normalized spacial score (nSPS) is 10.3. The van der Waals surface area contributed by atoms with Gasteiger partial charge in [0.1, 0.15) is 5.00 Å². The Labute approximate surface area is 156 Å². The van der Waals surface area contributed by atoms with E-state index >= 15 is 0 Å². The molecule has 138 valence electrons. The maximum Gasteiger partial charge on any atom is 0.341 e. The van der Waals surface area contributed by atoms with E-state index in [-0.39, 0.29) is 18.4 Å². The highest BCUT2D eigenvalue weighted by Gasteiger charge is 2.23. The second-order valence-corrected chi connectivity index (χ2v) is 6.86. The van der Waals surface area contributed by atoms with Crippen molar-refractivity contribution in [1.82, 2.24) is 0 Å². The van der Waals surface area contributed by atoms with Gasteiger partial charge in [-0.05, 0) is 44.0 Å². The first-order valence-electron chi connectivity index (χ1n) is 8.35. The Kier molecular flexibility index (Phi) is 6.52. The van der Waals surface area contributed by atoms with Crippen molar-refractivity contribution >= 4 is 39.8 Å². The summed E-state index contributed by atoms with van der Waals surface area (Å²) in [7, 11) is 0. The summed E-state index contributed by atoms with van der Waals surface area (Å²) >= 11 is 1.36. The number of ether oxygens (including phenoxy) is 1. The summed E-state index contributed by atoms with van der Waals surface area (Å²) in [4.78, 5) is 37.1. The lowest BCUT2D eigenvalue weighted by Gasteiger charge is -2.09. The molecule has 0 fully saturated rings. The van der Waals surface area contributed by atoms with Crippen LogP contribution < -0.4 is 10.6 Å². The molecule has 0 saturated heterocycles. The van der Waals surface area contributed by atoms with Crippen molar-refractivity contribution < 1.29 is 19.1 Å². The Morgan fingerprint density at radius 2 is 1.88 bits per heavy atom. The van der Waals surface area contributed by atoms with Crippen LogP contribution >= 0.6 is 11.3 Å². The molecule has 7 heteroatoms. The molecule has 0 bridgehead atoms. The molecule has 0 aliphatic rings. The number of anilines is 2. The first-order valence-corrected chi connectivity index (χ1v) is 9.17. The predicted octanol–water partition coefficient (Wildman–Crippen LogP) is 4.01. The highest BCUT2D eigenvalue weighted by molar-refractivity contribution is 7.16.